The second kappa shape index (κ2) is 8.87. The maximum atomic E-state index is 2.53. The minimum absolute atomic E-state index is 0.396. The highest BCUT2D eigenvalue weighted by atomic mass is 14.5. The Labute approximate surface area is 197 Å². The molecule has 162 valence electrons. The van der Waals surface area contributed by atoms with E-state index < -0.39 is 0 Å². The summed E-state index contributed by atoms with van der Waals surface area (Å²) in [4.78, 5) is 0. The summed E-state index contributed by atoms with van der Waals surface area (Å²) in [7, 11) is 0. The van der Waals surface area contributed by atoms with Crippen LogP contribution >= 0.6 is 0 Å². The first kappa shape index (κ1) is 20.2. The molecule has 4 aromatic carbocycles. The molecule has 0 N–H and O–H groups in total. The van der Waals surface area contributed by atoms with Gasteiger partial charge < -0.3 is 0 Å². The molecule has 4 atom stereocenters. The Morgan fingerprint density at radius 3 is 0.939 bits per heavy atom. The van der Waals surface area contributed by atoms with Gasteiger partial charge in [-0.25, -0.2) is 0 Å². The first-order valence-electron chi connectivity index (χ1n) is 12.3. The predicted molar refractivity (Wildman–Crippen MR) is 137 cm³/mol. The molecule has 0 radical (unpaired) electrons. The lowest BCUT2D eigenvalue weighted by Gasteiger charge is -2.40. The summed E-state index contributed by atoms with van der Waals surface area (Å²) in [6.45, 7) is 0. The van der Waals surface area contributed by atoms with Crippen LogP contribution in [-0.2, 0) is 0 Å². The van der Waals surface area contributed by atoms with Gasteiger partial charge in [-0.05, 0) is 52.3 Å². The lowest BCUT2D eigenvalue weighted by Crippen LogP contribution is -2.32. The van der Waals surface area contributed by atoms with E-state index >= 15 is 0 Å². The molecule has 0 amide bonds. The molecule has 1 saturated carbocycles. The van der Waals surface area contributed by atoms with Crippen molar-refractivity contribution in [2.45, 2.75) is 18.3 Å². The van der Waals surface area contributed by atoms with Gasteiger partial charge in [-0.2, -0.15) is 0 Å². The third-order valence-corrected chi connectivity index (χ3v) is 7.99. The Kier molecular flexibility index (Phi) is 5.44. The molecule has 4 aromatic rings. The number of hydrogen-bond acceptors (Lipinski definition) is 0. The highest BCUT2D eigenvalue weighted by Gasteiger charge is 2.51. The Balaban J connectivity index is 1.52. The molecule has 2 aliphatic carbocycles. The summed E-state index contributed by atoms with van der Waals surface area (Å²) >= 11 is 0. The van der Waals surface area contributed by atoms with Crippen molar-refractivity contribution >= 4 is 0 Å². The number of hydrogen-bond donors (Lipinski definition) is 0. The van der Waals surface area contributed by atoms with Gasteiger partial charge >= 0.3 is 0 Å². The maximum Gasteiger partial charge on any atom is 0.0126 e. The van der Waals surface area contributed by atoms with Crippen molar-refractivity contribution in [1.29, 1.82) is 0 Å². The molecule has 0 nitrogen and oxygen atoms in total. The molecule has 0 saturated heterocycles. The zero-order chi connectivity index (χ0) is 22.0. The van der Waals surface area contributed by atoms with Crippen molar-refractivity contribution in [1.82, 2.24) is 0 Å². The van der Waals surface area contributed by atoms with Gasteiger partial charge in [0.2, 0.25) is 0 Å². The number of fused-ring (bicyclic) bond motifs is 2. The van der Waals surface area contributed by atoms with Crippen molar-refractivity contribution in [2.75, 3.05) is 0 Å². The van der Waals surface area contributed by atoms with E-state index in [4.69, 9.17) is 0 Å². The highest BCUT2D eigenvalue weighted by molar-refractivity contribution is 5.40. The van der Waals surface area contributed by atoms with E-state index in [0.717, 1.165) is 0 Å². The Hall–Kier alpha value is -3.38. The number of allylic oxidation sites excluding steroid dienone is 2. The van der Waals surface area contributed by atoms with Crippen molar-refractivity contribution in [2.24, 2.45) is 23.7 Å². The van der Waals surface area contributed by atoms with E-state index in [0.29, 0.717) is 35.5 Å². The van der Waals surface area contributed by atoms with Crippen LogP contribution < -0.4 is 0 Å². The summed E-state index contributed by atoms with van der Waals surface area (Å²) in [5.41, 5.74) is 5.78. The Bertz CT molecular complexity index is 1020. The van der Waals surface area contributed by atoms with Gasteiger partial charge in [-0.1, -0.05) is 133 Å². The Morgan fingerprint density at radius 2 is 0.667 bits per heavy atom. The zero-order valence-electron chi connectivity index (χ0n) is 18.9. The van der Waals surface area contributed by atoms with Gasteiger partial charge in [0, 0.05) is 11.8 Å². The molecule has 0 heterocycles. The van der Waals surface area contributed by atoms with E-state index in [1.54, 1.807) is 0 Å². The van der Waals surface area contributed by atoms with E-state index in [1.165, 1.54) is 28.7 Å². The molecule has 1 fully saturated rings. The van der Waals surface area contributed by atoms with Crippen LogP contribution in [0.5, 0.6) is 0 Å². The molecule has 33 heavy (non-hydrogen) atoms. The average molecular weight is 427 g/mol. The van der Waals surface area contributed by atoms with Crippen LogP contribution in [0.2, 0.25) is 0 Å². The first-order valence-corrected chi connectivity index (χ1v) is 12.3. The summed E-state index contributed by atoms with van der Waals surface area (Å²) in [6, 6.07) is 44.9. The molecule has 2 bridgehead atoms. The molecule has 0 spiro atoms. The average Bonchev–Trinajstić information content (AvgIpc) is 3.50. The number of rotatable bonds is 6. The zero-order valence-corrected chi connectivity index (χ0v) is 18.9. The second-order valence-electron chi connectivity index (χ2n) is 9.70. The quantitative estimate of drug-likeness (QED) is 0.273. The van der Waals surface area contributed by atoms with Crippen LogP contribution in [0.4, 0.5) is 0 Å². The topological polar surface area (TPSA) is 0 Å². The van der Waals surface area contributed by atoms with Crippen LogP contribution in [0.1, 0.15) is 40.5 Å². The predicted octanol–water partition coefficient (Wildman–Crippen LogP) is 8.09. The minimum Gasteiger partial charge on any atom is -0.0848 e. The molecular formula is C33H30. The molecule has 6 rings (SSSR count). The van der Waals surface area contributed by atoms with Crippen molar-refractivity contribution in [3.05, 3.63) is 156 Å². The molecule has 0 aliphatic heterocycles. The highest BCUT2D eigenvalue weighted by Crippen LogP contribution is 2.60. The largest absolute Gasteiger partial charge is 0.0848 e. The third kappa shape index (κ3) is 3.74. The first-order chi connectivity index (χ1) is 16.4. The van der Waals surface area contributed by atoms with Gasteiger partial charge in [-0.15, -0.1) is 0 Å². The third-order valence-electron chi connectivity index (χ3n) is 7.99. The molecule has 4 unspecified atom stereocenters. The summed E-state index contributed by atoms with van der Waals surface area (Å²) in [5, 5.41) is 0. The van der Waals surface area contributed by atoms with E-state index in [-0.39, 0.29) is 0 Å². The summed E-state index contributed by atoms with van der Waals surface area (Å²) in [6.07, 6.45) is 6.33. The van der Waals surface area contributed by atoms with Crippen LogP contribution in [0.25, 0.3) is 0 Å². The Morgan fingerprint density at radius 1 is 0.394 bits per heavy atom. The van der Waals surface area contributed by atoms with Gasteiger partial charge in [0.1, 0.15) is 0 Å². The molecule has 0 heteroatoms. The van der Waals surface area contributed by atoms with Gasteiger partial charge in [0.25, 0.3) is 0 Å². The van der Waals surface area contributed by atoms with Crippen LogP contribution in [0.15, 0.2) is 133 Å². The fraction of sp³-hybridized carbons (Fsp3) is 0.212. The van der Waals surface area contributed by atoms with Crippen LogP contribution in [-0.4, -0.2) is 0 Å². The van der Waals surface area contributed by atoms with Crippen molar-refractivity contribution in [3.63, 3.8) is 0 Å². The lowest BCUT2D eigenvalue weighted by molar-refractivity contribution is 0.254. The lowest BCUT2D eigenvalue weighted by atomic mass is 9.63. The van der Waals surface area contributed by atoms with E-state index in [9.17, 15) is 0 Å². The monoisotopic (exact) mass is 426 g/mol. The second-order valence-corrected chi connectivity index (χ2v) is 9.70. The van der Waals surface area contributed by atoms with E-state index in [1.807, 2.05) is 0 Å². The van der Waals surface area contributed by atoms with Gasteiger partial charge in [0.15, 0.2) is 0 Å². The summed E-state index contributed by atoms with van der Waals surface area (Å²) < 4.78 is 0. The molecule has 0 aromatic heterocycles. The van der Waals surface area contributed by atoms with Crippen molar-refractivity contribution in [3.8, 4) is 0 Å². The standard InChI is InChI=1S/C33H30/c1-5-13-24(14-6-1)30(25-15-7-2-8-16-25)32-28-21-22-29(23-28)33(32)31(26-17-9-3-10-18-26)27-19-11-4-12-20-27/h1-22,28-33H,23H2. The summed E-state index contributed by atoms with van der Waals surface area (Å²) in [5.74, 6) is 3.17. The van der Waals surface area contributed by atoms with E-state index in [2.05, 4.69) is 133 Å². The van der Waals surface area contributed by atoms with Crippen molar-refractivity contribution < 1.29 is 0 Å². The SMILES string of the molecule is C1=CC2CC1C(C(c1ccccc1)c1ccccc1)C2C(c1ccccc1)c1ccccc1. The van der Waals surface area contributed by atoms with Gasteiger partial charge in [-0.3, -0.25) is 0 Å². The van der Waals surface area contributed by atoms with Crippen LogP contribution in [0, 0.1) is 23.7 Å². The number of benzene rings is 4. The normalized spacial score (nSPS) is 23.5. The molecule has 2 aliphatic rings. The fourth-order valence-electron chi connectivity index (χ4n) is 6.75. The smallest absolute Gasteiger partial charge is 0.0126 e. The minimum atomic E-state index is 0.396. The fourth-order valence-corrected chi connectivity index (χ4v) is 6.75. The van der Waals surface area contributed by atoms with Gasteiger partial charge in [0.05, 0.1) is 0 Å². The van der Waals surface area contributed by atoms with Crippen LogP contribution in [0.3, 0.4) is 0 Å². The maximum absolute atomic E-state index is 2.53. The molecular weight excluding hydrogens is 396 g/mol.